The first-order valence-corrected chi connectivity index (χ1v) is 7.91. The summed E-state index contributed by atoms with van der Waals surface area (Å²) < 4.78 is 0. The van der Waals surface area contributed by atoms with Crippen LogP contribution in [0.2, 0.25) is 5.02 Å². The van der Waals surface area contributed by atoms with Crippen molar-refractivity contribution in [2.75, 3.05) is 14.1 Å². The monoisotopic (exact) mass is 345 g/mol. The third kappa shape index (κ3) is 4.81. The van der Waals surface area contributed by atoms with Crippen LogP contribution < -0.4 is 10.6 Å². The van der Waals surface area contributed by atoms with Crippen molar-refractivity contribution in [1.82, 2.24) is 15.5 Å². The number of benzene rings is 2. The van der Waals surface area contributed by atoms with E-state index in [9.17, 15) is 9.59 Å². The average Bonchev–Trinajstić information content (AvgIpc) is 2.58. The molecule has 2 N–H and O–H groups in total. The molecule has 0 heterocycles. The summed E-state index contributed by atoms with van der Waals surface area (Å²) in [7, 11) is 3.31. The summed E-state index contributed by atoms with van der Waals surface area (Å²) in [5.41, 5.74) is 1.84. The fourth-order valence-electron chi connectivity index (χ4n) is 2.45. The van der Waals surface area contributed by atoms with Gasteiger partial charge in [-0.1, -0.05) is 54.1 Å². The van der Waals surface area contributed by atoms with Crippen LogP contribution in [-0.2, 0) is 11.3 Å². The molecule has 0 aliphatic rings. The van der Waals surface area contributed by atoms with Crippen molar-refractivity contribution in [1.29, 1.82) is 0 Å². The quantitative estimate of drug-likeness (QED) is 0.875. The minimum atomic E-state index is -0.584. The number of carbonyl (C=O) groups is 2. The van der Waals surface area contributed by atoms with E-state index >= 15 is 0 Å². The maximum absolute atomic E-state index is 12.6. The van der Waals surface area contributed by atoms with E-state index < -0.39 is 12.1 Å². The molecule has 0 aliphatic heterocycles. The highest BCUT2D eigenvalue weighted by Gasteiger charge is 2.26. The molecule has 0 aliphatic carbocycles. The van der Waals surface area contributed by atoms with Gasteiger partial charge in [0.2, 0.25) is 5.91 Å². The molecular weight excluding hydrogens is 326 g/mol. The first kappa shape index (κ1) is 18.0. The lowest BCUT2D eigenvalue weighted by molar-refractivity contribution is -0.125. The Balaban J connectivity index is 2.22. The molecule has 0 aromatic heterocycles. The molecule has 2 rings (SSSR count). The number of urea groups is 1. The van der Waals surface area contributed by atoms with Crippen LogP contribution in [0.1, 0.15) is 17.2 Å². The van der Waals surface area contributed by atoms with Crippen molar-refractivity contribution >= 4 is 23.5 Å². The Kier molecular flexibility index (Phi) is 6.35. The summed E-state index contributed by atoms with van der Waals surface area (Å²) in [6.45, 7) is 0.540. The highest BCUT2D eigenvalue weighted by Crippen LogP contribution is 2.22. The Morgan fingerprint density at radius 1 is 1.08 bits per heavy atom. The van der Waals surface area contributed by atoms with Crippen molar-refractivity contribution in [2.45, 2.75) is 12.6 Å². The maximum atomic E-state index is 12.6. The SMILES string of the molecule is CNC(=O)NC(=O)[C@H](c1ccccc1)N(C)Cc1ccc(Cl)cc1. The lowest BCUT2D eigenvalue weighted by atomic mass is 10.0. The van der Waals surface area contributed by atoms with Crippen molar-refractivity contribution in [3.05, 3.63) is 70.7 Å². The fraction of sp³-hybridized carbons (Fsp3) is 0.222. The second kappa shape index (κ2) is 8.47. The van der Waals surface area contributed by atoms with Crippen LogP contribution in [0.25, 0.3) is 0 Å². The van der Waals surface area contributed by atoms with Crippen molar-refractivity contribution < 1.29 is 9.59 Å². The van der Waals surface area contributed by atoms with Gasteiger partial charge in [0.1, 0.15) is 6.04 Å². The lowest BCUT2D eigenvalue weighted by Gasteiger charge is -2.27. The minimum absolute atomic E-state index is 0.378. The Labute approximate surface area is 146 Å². The summed E-state index contributed by atoms with van der Waals surface area (Å²) in [6.07, 6.45) is 0. The van der Waals surface area contributed by atoms with Crippen LogP contribution in [0.5, 0.6) is 0 Å². The van der Waals surface area contributed by atoms with Crippen LogP contribution in [0, 0.1) is 0 Å². The third-order valence-electron chi connectivity index (χ3n) is 3.61. The summed E-state index contributed by atoms with van der Waals surface area (Å²) in [5.74, 6) is -0.378. The molecule has 0 radical (unpaired) electrons. The number of hydrogen-bond donors (Lipinski definition) is 2. The number of likely N-dealkylation sites (N-methyl/N-ethyl adjacent to an activating group) is 1. The Hall–Kier alpha value is -2.37. The number of rotatable bonds is 5. The standard InChI is InChI=1S/C18H20ClN3O2/c1-20-18(24)21-17(23)16(14-6-4-3-5-7-14)22(2)12-13-8-10-15(19)11-9-13/h3-11,16H,12H2,1-2H3,(H2,20,21,23,24)/t16-/m0/s1. The minimum Gasteiger partial charge on any atom is -0.341 e. The van der Waals surface area contributed by atoms with E-state index in [1.165, 1.54) is 7.05 Å². The molecule has 6 heteroatoms. The highest BCUT2D eigenvalue weighted by atomic mass is 35.5. The maximum Gasteiger partial charge on any atom is 0.321 e. The van der Waals surface area contributed by atoms with Gasteiger partial charge < -0.3 is 5.32 Å². The summed E-state index contributed by atoms with van der Waals surface area (Å²) in [5, 5.41) is 5.41. The van der Waals surface area contributed by atoms with Crippen LogP contribution in [0.4, 0.5) is 4.79 Å². The van der Waals surface area contributed by atoms with Gasteiger partial charge in [0.25, 0.3) is 0 Å². The second-order valence-electron chi connectivity index (χ2n) is 5.42. The number of halogens is 1. The molecule has 0 saturated heterocycles. The van der Waals surface area contributed by atoms with E-state index in [4.69, 9.17) is 11.6 Å². The molecule has 2 aromatic rings. The van der Waals surface area contributed by atoms with Gasteiger partial charge in [0.05, 0.1) is 0 Å². The van der Waals surface area contributed by atoms with E-state index in [2.05, 4.69) is 10.6 Å². The lowest BCUT2D eigenvalue weighted by Crippen LogP contribution is -2.44. The molecule has 0 saturated carbocycles. The van der Waals surface area contributed by atoms with Crippen LogP contribution in [0.15, 0.2) is 54.6 Å². The molecule has 126 valence electrons. The number of nitrogens with one attached hydrogen (secondary N) is 2. The largest absolute Gasteiger partial charge is 0.341 e. The first-order valence-electron chi connectivity index (χ1n) is 7.53. The van der Waals surface area contributed by atoms with Gasteiger partial charge in [0, 0.05) is 18.6 Å². The average molecular weight is 346 g/mol. The van der Waals surface area contributed by atoms with Gasteiger partial charge in [-0.2, -0.15) is 0 Å². The predicted octanol–water partition coefficient (Wildman–Crippen LogP) is 2.97. The van der Waals surface area contributed by atoms with Gasteiger partial charge >= 0.3 is 6.03 Å². The van der Waals surface area contributed by atoms with E-state index in [1.54, 1.807) is 0 Å². The van der Waals surface area contributed by atoms with Gasteiger partial charge in [-0.15, -0.1) is 0 Å². The molecule has 24 heavy (non-hydrogen) atoms. The van der Waals surface area contributed by atoms with Crippen molar-refractivity contribution in [3.63, 3.8) is 0 Å². The van der Waals surface area contributed by atoms with Gasteiger partial charge in [-0.3, -0.25) is 15.0 Å². The molecule has 3 amide bonds. The molecule has 1 atom stereocenters. The molecule has 2 aromatic carbocycles. The zero-order valence-electron chi connectivity index (χ0n) is 13.6. The topological polar surface area (TPSA) is 61.4 Å². The Bertz CT molecular complexity index is 689. The van der Waals surface area contributed by atoms with Crippen LogP contribution in [-0.4, -0.2) is 30.9 Å². The predicted molar refractivity (Wildman–Crippen MR) is 94.7 cm³/mol. The molecule has 5 nitrogen and oxygen atoms in total. The number of carbonyl (C=O) groups excluding carboxylic acids is 2. The molecular formula is C18H20ClN3O2. The molecule has 0 fully saturated rings. The number of nitrogens with zero attached hydrogens (tertiary/aromatic N) is 1. The normalized spacial score (nSPS) is 11.8. The summed E-state index contributed by atoms with van der Waals surface area (Å²) >= 11 is 5.91. The fourth-order valence-corrected chi connectivity index (χ4v) is 2.58. The van der Waals surface area contributed by atoms with E-state index in [0.717, 1.165) is 11.1 Å². The molecule has 0 spiro atoms. The van der Waals surface area contributed by atoms with E-state index in [1.807, 2.05) is 66.5 Å². The molecule has 0 bridgehead atoms. The van der Waals surface area contributed by atoms with Gasteiger partial charge in [-0.25, -0.2) is 4.79 Å². The Morgan fingerprint density at radius 2 is 1.71 bits per heavy atom. The number of amides is 3. The summed E-state index contributed by atoms with van der Waals surface area (Å²) in [4.78, 5) is 25.9. The first-order chi connectivity index (χ1) is 11.5. The van der Waals surface area contributed by atoms with Gasteiger partial charge in [-0.05, 0) is 30.3 Å². The summed E-state index contributed by atoms with van der Waals surface area (Å²) in [6, 6.07) is 15.7. The van der Waals surface area contributed by atoms with E-state index in [-0.39, 0.29) is 5.91 Å². The number of hydrogen-bond acceptors (Lipinski definition) is 3. The zero-order valence-corrected chi connectivity index (χ0v) is 14.4. The highest BCUT2D eigenvalue weighted by molar-refractivity contribution is 6.30. The van der Waals surface area contributed by atoms with Gasteiger partial charge in [0.15, 0.2) is 0 Å². The zero-order chi connectivity index (χ0) is 17.5. The van der Waals surface area contributed by atoms with Crippen LogP contribution >= 0.6 is 11.6 Å². The molecule has 0 unspecified atom stereocenters. The van der Waals surface area contributed by atoms with E-state index in [0.29, 0.717) is 11.6 Å². The third-order valence-corrected chi connectivity index (χ3v) is 3.87. The Morgan fingerprint density at radius 3 is 2.29 bits per heavy atom. The van der Waals surface area contributed by atoms with Crippen LogP contribution in [0.3, 0.4) is 0 Å². The second-order valence-corrected chi connectivity index (χ2v) is 5.86. The number of imide groups is 1. The van der Waals surface area contributed by atoms with Crippen molar-refractivity contribution in [3.8, 4) is 0 Å². The smallest absolute Gasteiger partial charge is 0.321 e. The van der Waals surface area contributed by atoms with Crippen molar-refractivity contribution in [2.24, 2.45) is 0 Å².